The van der Waals surface area contributed by atoms with Crippen LogP contribution in [0.15, 0.2) is 24.3 Å². The second-order valence-electron chi connectivity index (χ2n) is 6.36. The van der Waals surface area contributed by atoms with Crippen molar-refractivity contribution < 1.29 is 13.2 Å². The average Bonchev–Trinajstić information content (AvgIpc) is 2.99. The third kappa shape index (κ3) is 4.18. The number of halogens is 1. The molecule has 23 heavy (non-hydrogen) atoms. The van der Waals surface area contributed by atoms with Gasteiger partial charge in [0, 0.05) is 30.1 Å². The molecule has 1 aromatic rings. The van der Waals surface area contributed by atoms with Crippen molar-refractivity contribution in [2.24, 2.45) is 0 Å². The van der Waals surface area contributed by atoms with Gasteiger partial charge < -0.3 is 10.2 Å². The predicted molar refractivity (Wildman–Crippen MR) is 90.6 cm³/mol. The van der Waals surface area contributed by atoms with Crippen LogP contribution in [0.5, 0.6) is 0 Å². The van der Waals surface area contributed by atoms with Crippen molar-refractivity contribution in [2.45, 2.75) is 31.2 Å². The van der Waals surface area contributed by atoms with Crippen LogP contribution in [0.3, 0.4) is 0 Å². The first-order valence-corrected chi connectivity index (χ1v) is 10.1. The minimum Gasteiger partial charge on any atom is -0.335 e. The van der Waals surface area contributed by atoms with Crippen LogP contribution in [-0.2, 0) is 9.84 Å². The molecule has 2 amide bonds. The van der Waals surface area contributed by atoms with E-state index in [1.807, 2.05) is 29.2 Å². The van der Waals surface area contributed by atoms with Crippen molar-refractivity contribution >= 4 is 27.5 Å². The normalized spacial score (nSPS) is 24.6. The van der Waals surface area contributed by atoms with Crippen LogP contribution in [-0.4, -0.2) is 50.0 Å². The zero-order chi connectivity index (χ0) is 16.4. The van der Waals surface area contributed by atoms with Crippen LogP contribution in [0.25, 0.3) is 0 Å². The Labute approximate surface area is 141 Å². The monoisotopic (exact) mass is 356 g/mol. The number of carbonyl (C=O) groups excluding carboxylic acids is 1. The molecule has 1 N–H and O–H groups in total. The molecule has 5 nitrogen and oxygen atoms in total. The van der Waals surface area contributed by atoms with E-state index in [4.69, 9.17) is 11.6 Å². The van der Waals surface area contributed by atoms with E-state index in [1.165, 1.54) is 0 Å². The molecule has 0 unspecified atom stereocenters. The summed E-state index contributed by atoms with van der Waals surface area (Å²) in [6.07, 6.45) is 1.95. The van der Waals surface area contributed by atoms with Crippen LogP contribution in [0.1, 0.15) is 30.7 Å². The molecule has 7 heteroatoms. The summed E-state index contributed by atoms with van der Waals surface area (Å²) in [6, 6.07) is 7.67. The first-order valence-electron chi connectivity index (χ1n) is 7.94. The maximum Gasteiger partial charge on any atom is 0.317 e. The van der Waals surface area contributed by atoms with Gasteiger partial charge in [0.05, 0.1) is 11.5 Å². The molecule has 2 aliphatic heterocycles. The molecule has 1 aromatic carbocycles. The number of carbonyl (C=O) groups is 1. The molecule has 2 heterocycles. The summed E-state index contributed by atoms with van der Waals surface area (Å²) in [5.41, 5.74) is 1.16. The molecule has 3 rings (SSSR count). The Morgan fingerprint density at radius 2 is 1.96 bits per heavy atom. The van der Waals surface area contributed by atoms with E-state index >= 15 is 0 Å². The standard InChI is InChI=1S/C16H21ClN2O3S/c17-14-3-1-2-12(10-14)13-4-7-19(11-13)16(20)18-15-5-8-23(21,22)9-6-15/h1-3,10,13,15H,4-9,11H2,(H,18,20)/t13-/m0/s1. The van der Waals surface area contributed by atoms with Gasteiger partial charge in [-0.15, -0.1) is 0 Å². The smallest absolute Gasteiger partial charge is 0.317 e. The molecule has 0 aromatic heterocycles. The number of likely N-dealkylation sites (tertiary alicyclic amines) is 1. The number of nitrogens with zero attached hydrogens (tertiary/aromatic N) is 1. The molecule has 2 saturated heterocycles. The maximum atomic E-state index is 12.4. The van der Waals surface area contributed by atoms with E-state index in [2.05, 4.69) is 5.32 Å². The van der Waals surface area contributed by atoms with E-state index < -0.39 is 9.84 Å². The SMILES string of the molecule is O=C(NC1CCS(=O)(=O)CC1)N1CC[C@H](c2cccc(Cl)c2)C1. The summed E-state index contributed by atoms with van der Waals surface area (Å²) in [5, 5.41) is 3.69. The maximum absolute atomic E-state index is 12.4. The quantitative estimate of drug-likeness (QED) is 0.884. The topological polar surface area (TPSA) is 66.5 Å². The average molecular weight is 357 g/mol. The van der Waals surface area contributed by atoms with Crippen LogP contribution >= 0.6 is 11.6 Å². The van der Waals surface area contributed by atoms with Gasteiger partial charge in [0.1, 0.15) is 9.84 Å². The van der Waals surface area contributed by atoms with E-state index in [-0.39, 0.29) is 23.6 Å². The van der Waals surface area contributed by atoms with Gasteiger partial charge in [0.25, 0.3) is 0 Å². The lowest BCUT2D eigenvalue weighted by atomic mass is 9.99. The second kappa shape index (κ2) is 6.69. The molecule has 0 spiro atoms. The fourth-order valence-electron chi connectivity index (χ4n) is 3.28. The third-order valence-corrected chi connectivity index (χ3v) is 6.63. The molecular weight excluding hydrogens is 336 g/mol. The van der Waals surface area contributed by atoms with E-state index in [9.17, 15) is 13.2 Å². The zero-order valence-electron chi connectivity index (χ0n) is 12.9. The zero-order valence-corrected chi connectivity index (χ0v) is 14.4. The predicted octanol–water partition coefficient (Wildman–Crippen LogP) is 2.42. The minimum absolute atomic E-state index is 0.0313. The minimum atomic E-state index is -2.90. The summed E-state index contributed by atoms with van der Waals surface area (Å²) in [4.78, 5) is 14.2. The highest BCUT2D eigenvalue weighted by Gasteiger charge is 2.30. The fourth-order valence-corrected chi connectivity index (χ4v) is 4.97. The highest BCUT2D eigenvalue weighted by molar-refractivity contribution is 7.91. The van der Waals surface area contributed by atoms with Gasteiger partial charge >= 0.3 is 6.03 Å². The van der Waals surface area contributed by atoms with Gasteiger partial charge in [-0.05, 0) is 37.0 Å². The van der Waals surface area contributed by atoms with Gasteiger partial charge in [-0.3, -0.25) is 0 Å². The second-order valence-corrected chi connectivity index (χ2v) is 9.10. The Morgan fingerprint density at radius 1 is 1.22 bits per heavy atom. The van der Waals surface area contributed by atoms with Gasteiger partial charge in [-0.1, -0.05) is 23.7 Å². The summed E-state index contributed by atoms with van der Waals surface area (Å²) in [5.74, 6) is 0.651. The van der Waals surface area contributed by atoms with Crippen molar-refractivity contribution in [1.82, 2.24) is 10.2 Å². The van der Waals surface area contributed by atoms with Gasteiger partial charge in [0.2, 0.25) is 0 Å². The Bertz CT molecular complexity index is 678. The first kappa shape index (κ1) is 16.6. The lowest BCUT2D eigenvalue weighted by Crippen LogP contribution is -2.46. The van der Waals surface area contributed by atoms with Crippen molar-refractivity contribution in [3.63, 3.8) is 0 Å². The number of hydrogen-bond acceptors (Lipinski definition) is 3. The lowest BCUT2D eigenvalue weighted by Gasteiger charge is -2.26. The van der Waals surface area contributed by atoms with Crippen molar-refractivity contribution in [3.8, 4) is 0 Å². The van der Waals surface area contributed by atoms with Crippen molar-refractivity contribution in [1.29, 1.82) is 0 Å². The highest BCUT2D eigenvalue weighted by Crippen LogP contribution is 2.28. The van der Waals surface area contributed by atoms with Crippen LogP contribution in [0.2, 0.25) is 5.02 Å². The highest BCUT2D eigenvalue weighted by atomic mass is 35.5. The van der Waals surface area contributed by atoms with E-state index in [0.29, 0.717) is 36.9 Å². The van der Waals surface area contributed by atoms with Crippen molar-refractivity contribution in [2.75, 3.05) is 24.6 Å². The molecule has 0 saturated carbocycles. The van der Waals surface area contributed by atoms with Gasteiger partial charge in [-0.2, -0.15) is 0 Å². The molecule has 126 valence electrons. The number of nitrogens with one attached hydrogen (secondary N) is 1. The number of benzene rings is 1. The Kier molecular flexibility index (Phi) is 4.82. The molecule has 2 aliphatic rings. The van der Waals surface area contributed by atoms with Crippen LogP contribution < -0.4 is 5.32 Å². The number of sulfone groups is 1. The fraction of sp³-hybridized carbons (Fsp3) is 0.562. The van der Waals surface area contributed by atoms with Crippen molar-refractivity contribution in [3.05, 3.63) is 34.9 Å². The summed E-state index contributed by atoms with van der Waals surface area (Å²) < 4.78 is 22.9. The lowest BCUT2D eigenvalue weighted by molar-refractivity contribution is 0.203. The molecule has 1 atom stereocenters. The van der Waals surface area contributed by atoms with Gasteiger partial charge in [0.15, 0.2) is 0 Å². The molecule has 0 bridgehead atoms. The molecular formula is C16H21ClN2O3S. The number of hydrogen-bond donors (Lipinski definition) is 1. The number of urea groups is 1. The van der Waals surface area contributed by atoms with Gasteiger partial charge in [-0.25, -0.2) is 13.2 Å². The molecule has 0 radical (unpaired) electrons. The number of rotatable bonds is 2. The van der Waals surface area contributed by atoms with E-state index in [0.717, 1.165) is 12.0 Å². The summed E-state index contributed by atoms with van der Waals surface area (Å²) in [6.45, 7) is 1.39. The third-order valence-electron chi connectivity index (χ3n) is 4.68. The molecule has 0 aliphatic carbocycles. The largest absolute Gasteiger partial charge is 0.335 e. The number of amides is 2. The Hall–Kier alpha value is -1.27. The van der Waals surface area contributed by atoms with Crippen LogP contribution in [0, 0.1) is 0 Å². The molecule has 2 fully saturated rings. The summed E-state index contributed by atoms with van der Waals surface area (Å²) in [7, 11) is -2.90. The first-order chi connectivity index (χ1) is 10.9. The summed E-state index contributed by atoms with van der Waals surface area (Å²) >= 11 is 6.03. The Balaban J connectivity index is 1.54. The Morgan fingerprint density at radius 3 is 2.65 bits per heavy atom. The van der Waals surface area contributed by atoms with E-state index in [1.54, 1.807) is 0 Å². The van der Waals surface area contributed by atoms with Crippen LogP contribution in [0.4, 0.5) is 4.79 Å².